The molecule has 28 heavy (non-hydrogen) atoms. The van der Waals surface area contributed by atoms with Crippen molar-refractivity contribution in [3.8, 4) is 0 Å². The highest BCUT2D eigenvalue weighted by atomic mass is 35.5. The Labute approximate surface area is 175 Å². The lowest BCUT2D eigenvalue weighted by molar-refractivity contribution is -0.131. The second-order valence-electron chi connectivity index (χ2n) is 7.92. The fraction of sp³-hybridized carbons (Fsp3) is 0.571. The Hall–Kier alpha value is -1.53. The number of hydrogen-bond donors (Lipinski definition) is 0. The molecule has 5 nitrogen and oxygen atoms in total. The molecule has 1 fully saturated rings. The summed E-state index contributed by atoms with van der Waals surface area (Å²) in [5.74, 6) is 0.888. The quantitative estimate of drug-likeness (QED) is 0.505. The molecule has 0 aliphatic carbocycles. The molecule has 0 N–H and O–H groups in total. The van der Waals surface area contributed by atoms with E-state index in [1.165, 1.54) is 18.2 Å². The molecule has 3 rings (SSSR count). The average Bonchev–Trinajstić information content (AvgIpc) is 2.65. The number of halogens is 1. The maximum Gasteiger partial charge on any atom is 0.262 e. The first-order valence-electron chi connectivity index (χ1n) is 9.99. The summed E-state index contributed by atoms with van der Waals surface area (Å²) in [6.07, 6.45) is 4.18. The number of carbonyl (C=O) groups is 1. The summed E-state index contributed by atoms with van der Waals surface area (Å²) < 4.78 is 1.72. The summed E-state index contributed by atoms with van der Waals surface area (Å²) >= 11 is 7.45. The normalized spacial score (nSPS) is 17.5. The fourth-order valence-corrected chi connectivity index (χ4v) is 4.62. The van der Waals surface area contributed by atoms with E-state index in [2.05, 4.69) is 25.8 Å². The van der Waals surface area contributed by atoms with Crippen LogP contribution in [0.4, 0.5) is 0 Å². The fourth-order valence-electron chi connectivity index (χ4n) is 3.55. The monoisotopic (exact) mass is 421 g/mol. The van der Waals surface area contributed by atoms with Crippen LogP contribution in [0.15, 0.2) is 28.2 Å². The predicted octanol–water partition coefficient (Wildman–Crippen LogP) is 4.59. The Morgan fingerprint density at radius 1 is 1.36 bits per heavy atom. The van der Waals surface area contributed by atoms with E-state index in [9.17, 15) is 9.59 Å². The number of piperidine rings is 1. The molecule has 0 saturated carbocycles. The SMILES string of the molecule is CC(C)CCn1c(SCC(=O)N2CCCCC2C)nc2cc(Cl)ccc2c1=O. The lowest BCUT2D eigenvalue weighted by Gasteiger charge is -2.33. The van der Waals surface area contributed by atoms with Crippen LogP contribution in [-0.2, 0) is 11.3 Å². The molecule has 1 aromatic carbocycles. The Morgan fingerprint density at radius 3 is 2.86 bits per heavy atom. The zero-order chi connectivity index (χ0) is 20.3. The van der Waals surface area contributed by atoms with Crippen molar-refractivity contribution in [1.82, 2.24) is 14.5 Å². The van der Waals surface area contributed by atoms with Crippen LogP contribution >= 0.6 is 23.4 Å². The van der Waals surface area contributed by atoms with Gasteiger partial charge in [-0.15, -0.1) is 0 Å². The summed E-state index contributed by atoms with van der Waals surface area (Å²) in [6.45, 7) is 7.79. The number of fused-ring (bicyclic) bond motifs is 1. The third-order valence-corrected chi connectivity index (χ3v) is 6.46. The van der Waals surface area contributed by atoms with Crippen LogP contribution in [0.3, 0.4) is 0 Å². The number of benzene rings is 1. The number of amides is 1. The van der Waals surface area contributed by atoms with Gasteiger partial charge in [-0.1, -0.05) is 37.2 Å². The highest BCUT2D eigenvalue weighted by molar-refractivity contribution is 7.99. The first-order chi connectivity index (χ1) is 13.4. The molecule has 152 valence electrons. The van der Waals surface area contributed by atoms with E-state index in [0.717, 1.165) is 25.8 Å². The first kappa shape index (κ1) is 21.2. The van der Waals surface area contributed by atoms with Gasteiger partial charge in [0, 0.05) is 24.2 Å². The molecule has 1 saturated heterocycles. The number of aromatic nitrogens is 2. The summed E-state index contributed by atoms with van der Waals surface area (Å²) in [4.78, 5) is 32.4. The molecule has 2 heterocycles. The van der Waals surface area contributed by atoms with Gasteiger partial charge >= 0.3 is 0 Å². The van der Waals surface area contributed by atoms with Crippen molar-refractivity contribution < 1.29 is 4.79 Å². The summed E-state index contributed by atoms with van der Waals surface area (Å²) in [5.41, 5.74) is 0.517. The predicted molar refractivity (Wildman–Crippen MR) is 116 cm³/mol. The van der Waals surface area contributed by atoms with E-state index in [1.807, 2.05) is 4.90 Å². The Kier molecular flexibility index (Phi) is 7.05. The number of carbonyl (C=O) groups excluding carboxylic acids is 1. The second-order valence-corrected chi connectivity index (χ2v) is 9.29. The lowest BCUT2D eigenvalue weighted by Crippen LogP contribution is -2.43. The molecule has 1 aliphatic rings. The average molecular weight is 422 g/mol. The Balaban J connectivity index is 1.88. The Morgan fingerprint density at radius 2 is 2.14 bits per heavy atom. The zero-order valence-electron chi connectivity index (χ0n) is 16.8. The van der Waals surface area contributed by atoms with E-state index in [4.69, 9.17) is 11.6 Å². The van der Waals surface area contributed by atoms with Crippen molar-refractivity contribution in [2.24, 2.45) is 5.92 Å². The van der Waals surface area contributed by atoms with Gasteiger partial charge < -0.3 is 4.90 Å². The first-order valence-corrected chi connectivity index (χ1v) is 11.4. The van der Waals surface area contributed by atoms with Crippen molar-refractivity contribution in [2.75, 3.05) is 12.3 Å². The molecule has 1 atom stereocenters. The largest absolute Gasteiger partial charge is 0.339 e. The molecule has 1 amide bonds. The molecule has 1 aromatic heterocycles. The van der Waals surface area contributed by atoms with Gasteiger partial charge in [-0.2, -0.15) is 0 Å². The number of likely N-dealkylation sites (tertiary alicyclic amines) is 1. The van der Waals surface area contributed by atoms with Crippen LogP contribution in [0.25, 0.3) is 10.9 Å². The van der Waals surface area contributed by atoms with Crippen molar-refractivity contribution in [3.05, 3.63) is 33.6 Å². The maximum absolute atomic E-state index is 13.0. The molecule has 2 aromatic rings. The summed E-state index contributed by atoms with van der Waals surface area (Å²) in [6, 6.07) is 5.44. The second kappa shape index (κ2) is 9.31. The third kappa shape index (κ3) is 4.90. The van der Waals surface area contributed by atoms with Gasteiger partial charge in [-0.05, 0) is 56.7 Å². The minimum atomic E-state index is -0.0661. The summed E-state index contributed by atoms with van der Waals surface area (Å²) in [5, 5.41) is 1.71. The van der Waals surface area contributed by atoms with Gasteiger partial charge in [-0.3, -0.25) is 14.2 Å². The zero-order valence-corrected chi connectivity index (χ0v) is 18.4. The van der Waals surface area contributed by atoms with E-state index < -0.39 is 0 Å². The van der Waals surface area contributed by atoms with Gasteiger partial charge in [-0.25, -0.2) is 4.98 Å². The van der Waals surface area contributed by atoms with Crippen LogP contribution in [0.2, 0.25) is 5.02 Å². The van der Waals surface area contributed by atoms with E-state index >= 15 is 0 Å². The van der Waals surface area contributed by atoms with Gasteiger partial charge in [0.1, 0.15) is 0 Å². The molecule has 1 aliphatic heterocycles. The van der Waals surface area contributed by atoms with Gasteiger partial charge in [0.2, 0.25) is 5.91 Å². The third-order valence-electron chi connectivity index (χ3n) is 5.26. The minimum absolute atomic E-state index is 0.0661. The van der Waals surface area contributed by atoms with Crippen LogP contribution in [0, 0.1) is 5.92 Å². The van der Waals surface area contributed by atoms with E-state index in [-0.39, 0.29) is 17.5 Å². The molecule has 7 heteroatoms. The van der Waals surface area contributed by atoms with Crippen molar-refractivity contribution in [2.45, 2.75) is 64.2 Å². The van der Waals surface area contributed by atoms with Crippen LogP contribution in [0.5, 0.6) is 0 Å². The van der Waals surface area contributed by atoms with Gasteiger partial charge in [0.05, 0.1) is 16.7 Å². The number of nitrogens with zero attached hydrogens (tertiary/aromatic N) is 3. The number of rotatable bonds is 6. The standard InChI is InChI=1S/C21H28ClN3O2S/c1-14(2)9-11-25-20(27)17-8-7-16(22)12-18(17)23-21(25)28-13-19(26)24-10-5-4-6-15(24)3/h7-8,12,14-15H,4-6,9-11,13H2,1-3H3. The molecular weight excluding hydrogens is 394 g/mol. The topological polar surface area (TPSA) is 55.2 Å². The van der Waals surface area contributed by atoms with Crippen molar-refractivity contribution in [3.63, 3.8) is 0 Å². The smallest absolute Gasteiger partial charge is 0.262 e. The van der Waals surface area contributed by atoms with Crippen LogP contribution < -0.4 is 5.56 Å². The molecule has 0 spiro atoms. The van der Waals surface area contributed by atoms with Gasteiger partial charge in [0.15, 0.2) is 5.16 Å². The van der Waals surface area contributed by atoms with E-state index in [0.29, 0.717) is 39.3 Å². The van der Waals surface area contributed by atoms with Crippen molar-refractivity contribution >= 4 is 40.2 Å². The molecule has 1 unspecified atom stereocenters. The molecule has 0 radical (unpaired) electrons. The number of hydrogen-bond acceptors (Lipinski definition) is 4. The highest BCUT2D eigenvalue weighted by Crippen LogP contribution is 2.23. The van der Waals surface area contributed by atoms with Crippen molar-refractivity contribution in [1.29, 1.82) is 0 Å². The highest BCUT2D eigenvalue weighted by Gasteiger charge is 2.24. The Bertz CT molecular complexity index is 912. The molecule has 0 bridgehead atoms. The van der Waals surface area contributed by atoms with Crippen LogP contribution in [0.1, 0.15) is 46.5 Å². The van der Waals surface area contributed by atoms with E-state index in [1.54, 1.807) is 22.8 Å². The maximum atomic E-state index is 13.0. The minimum Gasteiger partial charge on any atom is -0.339 e. The van der Waals surface area contributed by atoms with Crippen LogP contribution in [-0.4, -0.2) is 38.7 Å². The number of thioether (sulfide) groups is 1. The molecular formula is C21H28ClN3O2S. The van der Waals surface area contributed by atoms with Gasteiger partial charge in [0.25, 0.3) is 5.56 Å². The summed E-state index contributed by atoms with van der Waals surface area (Å²) in [7, 11) is 0. The lowest BCUT2D eigenvalue weighted by atomic mass is 10.0.